The SMILES string of the molecule is Cc1cccc(-c2ccccc2[C@@H](C)SS[C@H](C)c2ccccc2-c2cccc(C)c2)c1. The van der Waals surface area contributed by atoms with Gasteiger partial charge in [0.2, 0.25) is 0 Å². The van der Waals surface area contributed by atoms with Crippen LogP contribution in [0.25, 0.3) is 22.3 Å². The smallest absolute Gasteiger partial charge is 0.0379 e. The van der Waals surface area contributed by atoms with Crippen LogP contribution < -0.4 is 0 Å². The summed E-state index contributed by atoms with van der Waals surface area (Å²) in [6, 6.07) is 35.3. The van der Waals surface area contributed by atoms with E-state index in [2.05, 4.69) is 125 Å². The van der Waals surface area contributed by atoms with Crippen molar-refractivity contribution in [3.63, 3.8) is 0 Å². The summed E-state index contributed by atoms with van der Waals surface area (Å²) in [6.45, 7) is 8.97. The molecule has 4 rings (SSSR count). The van der Waals surface area contributed by atoms with Gasteiger partial charge in [-0.1, -0.05) is 130 Å². The molecule has 0 saturated carbocycles. The Labute approximate surface area is 200 Å². The van der Waals surface area contributed by atoms with E-state index in [1.165, 1.54) is 44.5 Å². The molecule has 0 aliphatic carbocycles. The zero-order valence-electron chi connectivity index (χ0n) is 19.2. The summed E-state index contributed by atoms with van der Waals surface area (Å²) in [5.41, 5.74) is 10.7. The predicted molar refractivity (Wildman–Crippen MR) is 145 cm³/mol. The van der Waals surface area contributed by atoms with Crippen molar-refractivity contribution >= 4 is 21.6 Å². The van der Waals surface area contributed by atoms with E-state index in [0.29, 0.717) is 10.5 Å². The van der Waals surface area contributed by atoms with Crippen molar-refractivity contribution in [2.45, 2.75) is 38.2 Å². The Hall–Kier alpha value is -2.42. The molecule has 0 unspecified atom stereocenters. The zero-order chi connectivity index (χ0) is 22.5. The summed E-state index contributed by atoms with van der Waals surface area (Å²) in [6.07, 6.45) is 0. The molecule has 2 heteroatoms. The summed E-state index contributed by atoms with van der Waals surface area (Å²) in [5.74, 6) is 0. The van der Waals surface area contributed by atoms with Crippen LogP contribution in [0.15, 0.2) is 97.1 Å². The molecule has 0 aliphatic heterocycles. The second kappa shape index (κ2) is 10.5. The minimum Gasteiger partial charge on any atom is -0.0856 e. The maximum absolute atomic E-state index is 2.32. The quantitative estimate of drug-likeness (QED) is 0.255. The van der Waals surface area contributed by atoms with E-state index in [1.54, 1.807) is 0 Å². The predicted octanol–water partition coefficient (Wildman–Crippen LogP) is 9.84. The van der Waals surface area contributed by atoms with E-state index in [4.69, 9.17) is 0 Å². The van der Waals surface area contributed by atoms with Crippen LogP contribution in [0.4, 0.5) is 0 Å². The maximum Gasteiger partial charge on any atom is 0.0379 e. The maximum atomic E-state index is 2.32. The van der Waals surface area contributed by atoms with E-state index in [9.17, 15) is 0 Å². The highest BCUT2D eigenvalue weighted by atomic mass is 33.1. The van der Waals surface area contributed by atoms with Crippen LogP contribution in [-0.4, -0.2) is 0 Å². The van der Waals surface area contributed by atoms with Gasteiger partial charge in [0.25, 0.3) is 0 Å². The summed E-state index contributed by atoms with van der Waals surface area (Å²) in [7, 11) is 3.94. The average Bonchev–Trinajstić information content (AvgIpc) is 2.82. The molecule has 0 aromatic heterocycles. The van der Waals surface area contributed by atoms with Crippen LogP contribution in [0.1, 0.15) is 46.6 Å². The molecule has 4 aromatic rings. The first-order chi connectivity index (χ1) is 15.5. The van der Waals surface area contributed by atoms with Crippen LogP contribution in [0.5, 0.6) is 0 Å². The van der Waals surface area contributed by atoms with Crippen molar-refractivity contribution in [3.8, 4) is 22.3 Å². The number of aryl methyl sites for hydroxylation is 2. The van der Waals surface area contributed by atoms with Crippen LogP contribution in [0, 0.1) is 13.8 Å². The third-order valence-corrected chi connectivity index (χ3v) is 9.06. The molecule has 0 N–H and O–H groups in total. The van der Waals surface area contributed by atoms with Crippen LogP contribution in [0.2, 0.25) is 0 Å². The minimum atomic E-state index is 0.394. The Kier molecular flexibility index (Phi) is 7.44. The summed E-state index contributed by atoms with van der Waals surface area (Å²) in [4.78, 5) is 0. The van der Waals surface area contributed by atoms with Gasteiger partial charge < -0.3 is 0 Å². The Bertz CT molecular complexity index is 1100. The van der Waals surface area contributed by atoms with E-state index in [-0.39, 0.29) is 0 Å². The Morgan fingerprint density at radius 2 is 0.906 bits per heavy atom. The van der Waals surface area contributed by atoms with Crippen molar-refractivity contribution < 1.29 is 0 Å². The third kappa shape index (κ3) is 5.31. The molecule has 32 heavy (non-hydrogen) atoms. The molecule has 0 spiro atoms. The Morgan fingerprint density at radius 1 is 0.500 bits per heavy atom. The standard InChI is InChI=1S/C30H30S2/c1-21-11-9-13-25(19-21)29-17-7-5-15-27(29)23(3)31-32-24(4)28-16-6-8-18-30(28)26-14-10-12-22(2)20-26/h5-20,23-24H,1-4H3/t23-,24-/m1/s1. The van der Waals surface area contributed by atoms with Gasteiger partial charge in [-0.25, -0.2) is 0 Å². The second-order valence-corrected chi connectivity index (χ2v) is 11.3. The number of rotatable bonds is 7. The third-order valence-electron chi connectivity index (χ3n) is 5.80. The molecule has 2 atom stereocenters. The van der Waals surface area contributed by atoms with Crippen molar-refractivity contribution in [1.29, 1.82) is 0 Å². The number of benzene rings is 4. The molecular weight excluding hydrogens is 424 g/mol. The fraction of sp³-hybridized carbons (Fsp3) is 0.200. The topological polar surface area (TPSA) is 0 Å². The van der Waals surface area contributed by atoms with Gasteiger partial charge in [-0.15, -0.1) is 0 Å². The fourth-order valence-electron chi connectivity index (χ4n) is 4.12. The van der Waals surface area contributed by atoms with Crippen molar-refractivity contribution in [2.75, 3.05) is 0 Å². The van der Waals surface area contributed by atoms with Gasteiger partial charge in [0.15, 0.2) is 0 Å². The zero-order valence-corrected chi connectivity index (χ0v) is 20.8. The number of hydrogen-bond donors (Lipinski definition) is 0. The lowest BCUT2D eigenvalue weighted by molar-refractivity contribution is 1.10. The lowest BCUT2D eigenvalue weighted by atomic mass is 9.97. The molecule has 0 nitrogen and oxygen atoms in total. The summed E-state index contributed by atoms with van der Waals surface area (Å²) < 4.78 is 0. The highest BCUT2D eigenvalue weighted by Gasteiger charge is 2.17. The van der Waals surface area contributed by atoms with Crippen LogP contribution in [0.3, 0.4) is 0 Å². The van der Waals surface area contributed by atoms with Crippen molar-refractivity contribution in [3.05, 3.63) is 119 Å². The minimum absolute atomic E-state index is 0.394. The average molecular weight is 455 g/mol. The highest BCUT2D eigenvalue weighted by molar-refractivity contribution is 8.76. The van der Waals surface area contributed by atoms with Gasteiger partial charge in [-0.05, 0) is 61.1 Å². The monoisotopic (exact) mass is 454 g/mol. The van der Waals surface area contributed by atoms with E-state index in [0.717, 1.165) is 0 Å². The second-order valence-electron chi connectivity index (χ2n) is 8.39. The normalized spacial score (nSPS) is 13.0. The highest BCUT2D eigenvalue weighted by Crippen LogP contribution is 2.49. The van der Waals surface area contributed by atoms with Gasteiger partial charge in [-0.3, -0.25) is 0 Å². The van der Waals surface area contributed by atoms with E-state index >= 15 is 0 Å². The largest absolute Gasteiger partial charge is 0.0856 e. The van der Waals surface area contributed by atoms with Gasteiger partial charge in [-0.2, -0.15) is 0 Å². The molecule has 0 amide bonds. The Morgan fingerprint density at radius 3 is 1.31 bits per heavy atom. The van der Waals surface area contributed by atoms with Gasteiger partial charge >= 0.3 is 0 Å². The molecule has 4 aromatic carbocycles. The number of hydrogen-bond acceptors (Lipinski definition) is 2. The molecule has 162 valence electrons. The lowest BCUT2D eigenvalue weighted by Crippen LogP contribution is -1.95. The van der Waals surface area contributed by atoms with E-state index in [1.807, 2.05) is 21.6 Å². The first kappa shape index (κ1) is 22.8. The Balaban J connectivity index is 1.53. The molecule has 0 fully saturated rings. The van der Waals surface area contributed by atoms with Crippen molar-refractivity contribution in [2.24, 2.45) is 0 Å². The molecule has 0 bridgehead atoms. The molecule has 0 radical (unpaired) electrons. The summed E-state index contributed by atoms with van der Waals surface area (Å²) >= 11 is 0. The van der Waals surface area contributed by atoms with Crippen molar-refractivity contribution in [1.82, 2.24) is 0 Å². The molecule has 0 heterocycles. The van der Waals surface area contributed by atoms with Gasteiger partial charge in [0.1, 0.15) is 0 Å². The van der Waals surface area contributed by atoms with Gasteiger partial charge in [0, 0.05) is 10.5 Å². The fourth-order valence-corrected chi connectivity index (χ4v) is 6.70. The lowest BCUT2D eigenvalue weighted by Gasteiger charge is -2.20. The van der Waals surface area contributed by atoms with Crippen LogP contribution >= 0.6 is 21.6 Å². The van der Waals surface area contributed by atoms with Gasteiger partial charge in [0.05, 0.1) is 0 Å². The van der Waals surface area contributed by atoms with E-state index < -0.39 is 0 Å². The first-order valence-electron chi connectivity index (χ1n) is 11.2. The molecular formula is C30H30S2. The van der Waals surface area contributed by atoms with Crippen LogP contribution in [-0.2, 0) is 0 Å². The molecule has 0 aliphatic rings. The summed E-state index contributed by atoms with van der Waals surface area (Å²) in [5, 5.41) is 0.788. The molecule has 0 saturated heterocycles. The first-order valence-corrected chi connectivity index (χ1v) is 13.4.